The molecule has 0 amide bonds. The van der Waals surface area contributed by atoms with Crippen LogP contribution in [0.25, 0.3) is 87.1 Å². The van der Waals surface area contributed by atoms with Gasteiger partial charge in [0.1, 0.15) is 0 Å². The second kappa shape index (κ2) is 10.1. The molecule has 0 saturated carbocycles. The fourth-order valence-electron chi connectivity index (χ4n) is 7.26. The monoisotopic (exact) mass is 591 g/mol. The summed E-state index contributed by atoms with van der Waals surface area (Å²) in [6.07, 6.45) is 6.05. The molecule has 212 valence electrons. The first-order valence-corrected chi connectivity index (χ1v) is 16.2. The quantitative estimate of drug-likeness (QED) is 0.142. The molecule has 0 aliphatic carbocycles. The molecule has 0 aliphatic rings. The van der Waals surface area contributed by atoms with E-state index < -0.39 is 0 Å². The van der Waals surface area contributed by atoms with E-state index in [9.17, 15) is 0 Å². The summed E-state index contributed by atoms with van der Waals surface area (Å²) in [4.78, 5) is 1.33. The van der Waals surface area contributed by atoms with Crippen molar-refractivity contribution in [3.05, 3.63) is 157 Å². The van der Waals surface area contributed by atoms with E-state index >= 15 is 0 Å². The van der Waals surface area contributed by atoms with Crippen LogP contribution < -0.4 is 0 Å². The van der Waals surface area contributed by atoms with E-state index in [0.29, 0.717) is 0 Å². The third-order valence-electron chi connectivity index (χ3n) is 9.30. The summed E-state index contributed by atoms with van der Waals surface area (Å²) in [6, 6.07) is 47.2. The molecule has 9 aromatic rings. The number of allylic oxidation sites excluding steroid dienone is 2. The Kier molecular flexibility index (Phi) is 5.81. The SMILES string of the molecule is C=C/C=C\c1c(C)sc2ccc(-c3ccc4c(c3)c3ccccc3n4-c3ccc4c5ccccc5c5ccccc5c4c3)cc12. The maximum Gasteiger partial charge on any atom is 0.0541 e. The van der Waals surface area contributed by atoms with Crippen molar-refractivity contribution in [2.45, 2.75) is 6.92 Å². The Balaban J connectivity index is 1.27. The van der Waals surface area contributed by atoms with E-state index in [-0.39, 0.29) is 0 Å². The molecule has 7 aromatic carbocycles. The number of thiophene rings is 1. The van der Waals surface area contributed by atoms with Gasteiger partial charge >= 0.3 is 0 Å². The van der Waals surface area contributed by atoms with Crippen LogP contribution in [0.4, 0.5) is 0 Å². The zero-order valence-electron chi connectivity index (χ0n) is 24.9. The van der Waals surface area contributed by atoms with Gasteiger partial charge in [-0.2, -0.15) is 0 Å². The molecule has 2 aromatic heterocycles. The van der Waals surface area contributed by atoms with Gasteiger partial charge in [-0.1, -0.05) is 110 Å². The fraction of sp³-hybridized carbons (Fsp3) is 0.0233. The molecule has 0 bridgehead atoms. The smallest absolute Gasteiger partial charge is 0.0541 e. The minimum Gasteiger partial charge on any atom is -0.309 e. The van der Waals surface area contributed by atoms with Crippen molar-refractivity contribution in [1.29, 1.82) is 0 Å². The topological polar surface area (TPSA) is 4.93 Å². The van der Waals surface area contributed by atoms with Crippen LogP contribution in [-0.2, 0) is 0 Å². The van der Waals surface area contributed by atoms with Gasteiger partial charge in [0.05, 0.1) is 11.0 Å². The molecule has 0 radical (unpaired) electrons. The maximum atomic E-state index is 3.87. The van der Waals surface area contributed by atoms with E-state index in [0.717, 1.165) is 0 Å². The van der Waals surface area contributed by atoms with Crippen molar-refractivity contribution >= 4 is 81.6 Å². The van der Waals surface area contributed by atoms with Gasteiger partial charge < -0.3 is 4.57 Å². The third kappa shape index (κ3) is 3.93. The molecule has 1 nitrogen and oxygen atoms in total. The van der Waals surface area contributed by atoms with Crippen LogP contribution in [0.2, 0.25) is 0 Å². The van der Waals surface area contributed by atoms with Gasteiger partial charge in [0.25, 0.3) is 0 Å². The van der Waals surface area contributed by atoms with Crippen LogP contribution >= 0.6 is 11.3 Å². The lowest BCUT2D eigenvalue weighted by Crippen LogP contribution is -1.94. The Morgan fingerprint density at radius 2 is 1.11 bits per heavy atom. The molecule has 0 fully saturated rings. The van der Waals surface area contributed by atoms with E-state index in [1.807, 2.05) is 23.5 Å². The van der Waals surface area contributed by atoms with E-state index in [2.05, 4.69) is 152 Å². The molecule has 2 heteroatoms. The number of para-hydroxylation sites is 1. The van der Waals surface area contributed by atoms with Gasteiger partial charge in [-0.25, -0.2) is 0 Å². The molecular formula is C43H29NS. The zero-order valence-corrected chi connectivity index (χ0v) is 25.7. The number of benzene rings is 7. The molecule has 45 heavy (non-hydrogen) atoms. The van der Waals surface area contributed by atoms with Crippen molar-refractivity contribution in [3.8, 4) is 16.8 Å². The minimum absolute atomic E-state index is 1.18. The average Bonchev–Trinajstić information content (AvgIpc) is 3.59. The van der Waals surface area contributed by atoms with Crippen LogP contribution in [0.1, 0.15) is 10.4 Å². The van der Waals surface area contributed by atoms with Crippen LogP contribution in [0.5, 0.6) is 0 Å². The van der Waals surface area contributed by atoms with Crippen LogP contribution in [0.15, 0.2) is 146 Å². The second-order valence-electron chi connectivity index (χ2n) is 11.8. The minimum atomic E-state index is 1.18. The van der Waals surface area contributed by atoms with Gasteiger partial charge in [-0.15, -0.1) is 11.3 Å². The van der Waals surface area contributed by atoms with Crippen molar-refractivity contribution in [2.24, 2.45) is 0 Å². The summed E-state index contributed by atoms with van der Waals surface area (Å²) < 4.78 is 3.75. The van der Waals surface area contributed by atoms with Gasteiger partial charge in [0, 0.05) is 31.4 Å². The number of fused-ring (bicyclic) bond motifs is 10. The standard InChI is InChI=1S/C43H29NS/c1-3-4-11-31-27(2)45-43-23-19-29(25-40(31)43)28-18-22-42-39(24-28)37-16-9-10-17-41(37)44(42)30-20-21-36-34-14-6-5-12-32(34)33-13-7-8-15-35(33)38(36)26-30/h3-26H,1H2,2H3/b11-4-. The first-order valence-electron chi connectivity index (χ1n) is 15.4. The summed E-state index contributed by atoms with van der Waals surface area (Å²) >= 11 is 1.85. The molecule has 9 rings (SSSR count). The highest BCUT2D eigenvalue weighted by atomic mass is 32.1. The Labute approximate surface area is 265 Å². The number of nitrogens with zero attached hydrogens (tertiary/aromatic N) is 1. The second-order valence-corrected chi connectivity index (χ2v) is 13.0. The van der Waals surface area contributed by atoms with Crippen LogP contribution in [0, 0.1) is 6.92 Å². The summed E-state index contributed by atoms with van der Waals surface area (Å²) in [5.41, 5.74) is 7.35. The van der Waals surface area contributed by atoms with Crippen LogP contribution in [0.3, 0.4) is 0 Å². The van der Waals surface area contributed by atoms with Crippen molar-refractivity contribution in [3.63, 3.8) is 0 Å². The van der Waals surface area contributed by atoms with E-state index in [1.54, 1.807) is 0 Å². The molecule has 0 unspecified atom stereocenters. The first kappa shape index (κ1) is 26.0. The lowest BCUT2D eigenvalue weighted by Gasteiger charge is -2.14. The predicted octanol–water partition coefficient (Wildman–Crippen LogP) is 12.6. The molecule has 0 aliphatic heterocycles. The van der Waals surface area contributed by atoms with E-state index in [1.165, 1.54) is 91.5 Å². The Morgan fingerprint density at radius 3 is 1.82 bits per heavy atom. The molecule has 2 heterocycles. The highest BCUT2D eigenvalue weighted by Crippen LogP contribution is 2.40. The molecule has 0 spiro atoms. The Hall–Kier alpha value is -5.44. The predicted molar refractivity (Wildman–Crippen MR) is 198 cm³/mol. The van der Waals surface area contributed by atoms with Gasteiger partial charge in [-0.05, 0) is 98.4 Å². The largest absolute Gasteiger partial charge is 0.309 e. The highest BCUT2D eigenvalue weighted by molar-refractivity contribution is 7.19. The van der Waals surface area contributed by atoms with Gasteiger partial charge in [0.15, 0.2) is 0 Å². The van der Waals surface area contributed by atoms with Gasteiger partial charge in [0.2, 0.25) is 0 Å². The fourth-order valence-corrected chi connectivity index (χ4v) is 8.29. The Bertz CT molecular complexity index is 2640. The molecule has 0 saturated heterocycles. The summed E-state index contributed by atoms with van der Waals surface area (Å²) in [5, 5.41) is 11.6. The summed E-state index contributed by atoms with van der Waals surface area (Å²) in [5.74, 6) is 0. The number of hydrogen-bond donors (Lipinski definition) is 0. The number of aryl methyl sites for hydroxylation is 1. The lowest BCUT2D eigenvalue weighted by molar-refractivity contribution is 1.19. The summed E-state index contributed by atoms with van der Waals surface area (Å²) in [6.45, 7) is 6.07. The van der Waals surface area contributed by atoms with Crippen molar-refractivity contribution in [1.82, 2.24) is 4.57 Å². The lowest BCUT2D eigenvalue weighted by atomic mass is 9.94. The molecular weight excluding hydrogens is 563 g/mol. The average molecular weight is 592 g/mol. The van der Waals surface area contributed by atoms with E-state index in [4.69, 9.17) is 0 Å². The number of hydrogen-bond acceptors (Lipinski definition) is 1. The zero-order chi connectivity index (χ0) is 30.1. The number of rotatable bonds is 4. The van der Waals surface area contributed by atoms with Gasteiger partial charge in [-0.3, -0.25) is 0 Å². The first-order chi connectivity index (χ1) is 22.2. The van der Waals surface area contributed by atoms with Crippen LogP contribution in [-0.4, -0.2) is 4.57 Å². The maximum absolute atomic E-state index is 3.87. The summed E-state index contributed by atoms with van der Waals surface area (Å²) in [7, 11) is 0. The van der Waals surface area contributed by atoms with Crippen molar-refractivity contribution < 1.29 is 0 Å². The Morgan fingerprint density at radius 1 is 0.533 bits per heavy atom. The highest BCUT2D eigenvalue weighted by Gasteiger charge is 2.16. The number of aromatic nitrogens is 1. The third-order valence-corrected chi connectivity index (χ3v) is 10.4. The van der Waals surface area contributed by atoms with Crippen molar-refractivity contribution in [2.75, 3.05) is 0 Å². The normalized spacial score (nSPS) is 12.1. The molecule has 0 atom stereocenters. The molecule has 0 N–H and O–H groups in total.